The van der Waals surface area contributed by atoms with Crippen LogP contribution in [0.1, 0.15) is 25.5 Å². The summed E-state index contributed by atoms with van der Waals surface area (Å²) in [5.74, 6) is 0.830. The van der Waals surface area contributed by atoms with Crippen molar-refractivity contribution >= 4 is 17.5 Å². The standard InChI is InChI=1S/C20H22N2O4/c1-13(15-8-4-6-10-17(15)25-3)21-19(23)12-22-16-9-5-7-11-18(16)26-14(2)20(22)24/h4-11,13-14H,12H2,1-3H3,(H,21,23)/t13-,14+/m1/s1. The smallest absolute Gasteiger partial charge is 0.268 e. The van der Waals surface area contributed by atoms with E-state index < -0.39 is 6.10 Å². The fourth-order valence-corrected chi connectivity index (χ4v) is 3.05. The zero-order valence-corrected chi connectivity index (χ0v) is 15.1. The lowest BCUT2D eigenvalue weighted by molar-refractivity contribution is -0.128. The Morgan fingerprint density at radius 3 is 2.69 bits per heavy atom. The second-order valence-corrected chi connectivity index (χ2v) is 6.18. The van der Waals surface area contributed by atoms with Crippen LogP contribution in [-0.4, -0.2) is 31.6 Å². The minimum absolute atomic E-state index is 0.0664. The van der Waals surface area contributed by atoms with Gasteiger partial charge < -0.3 is 14.8 Å². The van der Waals surface area contributed by atoms with E-state index in [9.17, 15) is 9.59 Å². The summed E-state index contributed by atoms with van der Waals surface area (Å²) in [7, 11) is 1.60. The molecule has 0 aromatic heterocycles. The number of nitrogens with zero attached hydrogens (tertiary/aromatic N) is 1. The number of hydrogen-bond donors (Lipinski definition) is 1. The minimum Gasteiger partial charge on any atom is -0.496 e. The van der Waals surface area contributed by atoms with E-state index in [2.05, 4.69) is 5.32 Å². The summed E-state index contributed by atoms with van der Waals surface area (Å²) >= 11 is 0. The number of amides is 2. The molecule has 0 fully saturated rings. The molecule has 6 nitrogen and oxygen atoms in total. The van der Waals surface area contributed by atoms with Gasteiger partial charge in [-0.15, -0.1) is 0 Å². The van der Waals surface area contributed by atoms with Gasteiger partial charge in [-0.25, -0.2) is 0 Å². The summed E-state index contributed by atoms with van der Waals surface area (Å²) in [6.45, 7) is 3.50. The summed E-state index contributed by atoms with van der Waals surface area (Å²) in [5.41, 5.74) is 1.49. The maximum absolute atomic E-state index is 12.6. The van der Waals surface area contributed by atoms with Crippen LogP contribution in [0, 0.1) is 0 Å². The third kappa shape index (κ3) is 3.49. The molecule has 0 spiro atoms. The van der Waals surface area contributed by atoms with Crippen LogP contribution >= 0.6 is 0 Å². The van der Waals surface area contributed by atoms with E-state index in [1.807, 2.05) is 43.3 Å². The summed E-state index contributed by atoms with van der Waals surface area (Å²) < 4.78 is 10.9. The monoisotopic (exact) mass is 354 g/mol. The fraction of sp³-hybridized carbons (Fsp3) is 0.300. The van der Waals surface area contributed by atoms with Crippen molar-refractivity contribution in [2.24, 2.45) is 0 Å². The lowest BCUT2D eigenvalue weighted by Gasteiger charge is -2.32. The van der Waals surface area contributed by atoms with Gasteiger partial charge in [0.25, 0.3) is 5.91 Å². The van der Waals surface area contributed by atoms with Gasteiger partial charge in [0.1, 0.15) is 18.0 Å². The molecule has 1 heterocycles. The summed E-state index contributed by atoms with van der Waals surface area (Å²) in [4.78, 5) is 26.5. The Labute approximate surface area is 152 Å². The van der Waals surface area contributed by atoms with Gasteiger partial charge in [-0.2, -0.15) is 0 Å². The molecule has 3 rings (SSSR count). The van der Waals surface area contributed by atoms with Crippen LogP contribution in [0.15, 0.2) is 48.5 Å². The van der Waals surface area contributed by atoms with Crippen molar-refractivity contribution in [2.45, 2.75) is 26.0 Å². The molecular weight excluding hydrogens is 332 g/mol. The zero-order chi connectivity index (χ0) is 18.7. The van der Waals surface area contributed by atoms with Crippen molar-refractivity contribution in [3.05, 3.63) is 54.1 Å². The van der Waals surface area contributed by atoms with Crippen molar-refractivity contribution in [3.63, 3.8) is 0 Å². The number of rotatable bonds is 5. The van der Waals surface area contributed by atoms with Crippen LogP contribution < -0.4 is 19.7 Å². The molecule has 0 unspecified atom stereocenters. The summed E-state index contributed by atoms with van der Waals surface area (Å²) in [5, 5.41) is 2.93. The van der Waals surface area contributed by atoms with Crippen LogP contribution in [0.4, 0.5) is 5.69 Å². The molecule has 0 bridgehead atoms. The Morgan fingerprint density at radius 1 is 1.23 bits per heavy atom. The summed E-state index contributed by atoms with van der Waals surface area (Å²) in [6.07, 6.45) is -0.621. The minimum atomic E-state index is -0.621. The molecule has 0 aliphatic carbocycles. The average molecular weight is 354 g/mol. The third-order valence-electron chi connectivity index (χ3n) is 4.36. The molecule has 26 heavy (non-hydrogen) atoms. The van der Waals surface area contributed by atoms with Crippen LogP contribution in [0.25, 0.3) is 0 Å². The Bertz CT molecular complexity index is 821. The maximum atomic E-state index is 12.6. The molecule has 2 atom stereocenters. The molecule has 0 saturated carbocycles. The Balaban J connectivity index is 1.74. The average Bonchev–Trinajstić information content (AvgIpc) is 2.65. The Hall–Kier alpha value is -3.02. The molecule has 1 N–H and O–H groups in total. The molecule has 2 aromatic carbocycles. The van der Waals surface area contributed by atoms with Crippen molar-refractivity contribution in [1.29, 1.82) is 0 Å². The highest BCUT2D eigenvalue weighted by Gasteiger charge is 2.32. The first-order valence-corrected chi connectivity index (χ1v) is 8.50. The molecule has 0 saturated heterocycles. The van der Waals surface area contributed by atoms with E-state index in [1.165, 1.54) is 4.90 Å². The van der Waals surface area contributed by atoms with Crippen molar-refractivity contribution in [1.82, 2.24) is 5.32 Å². The second kappa shape index (κ2) is 7.47. The first-order valence-electron chi connectivity index (χ1n) is 8.50. The molecule has 136 valence electrons. The second-order valence-electron chi connectivity index (χ2n) is 6.18. The number of carbonyl (C=O) groups excluding carboxylic acids is 2. The molecule has 1 aliphatic rings. The zero-order valence-electron chi connectivity index (χ0n) is 15.1. The van der Waals surface area contributed by atoms with E-state index >= 15 is 0 Å². The fourth-order valence-electron chi connectivity index (χ4n) is 3.05. The van der Waals surface area contributed by atoms with Crippen molar-refractivity contribution in [3.8, 4) is 11.5 Å². The normalized spacial score (nSPS) is 17.1. The van der Waals surface area contributed by atoms with Gasteiger partial charge in [0.05, 0.1) is 18.8 Å². The molecular formula is C20H22N2O4. The van der Waals surface area contributed by atoms with E-state index in [0.29, 0.717) is 17.2 Å². The molecule has 2 amide bonds. The highest BCUT2D eigenvalue weighted by molar-refractivity contribution is 6.03. The number of carbonyl (C=O) groups is 2. The van der Waals surface area contributed by atoms with Gasteiger partial charge in [0.2, 0.25) is 5.91 Å². The first kappa shape index (κ1) is 17.8. The maximum Gasteiger partial charge on any atom is 0.268 e. The van der Waals surface area contributed by atoms with E-state index in [0.717, 1.165) is 5.56 Å². The number of ether oxygens (including phenoxy) is 2. The largest absolute Gasteiger partial charge is 0.496 e. The van der Waals surface area contributed by atoms with Crippen LogP contribution in [0.2, 0.25) is 0 Å². The first-order chi connectivity index (χ1) is 12.5. The summed E-state index contributed by atoms with van der Waals surface area (Å²) in [6, 6.07) is 14.5. The van der Waals surface area contributed by atoms with Crippen LogP contribution in [0.3, 0.4) is 0 Å². The van der Waals surface area contributed by atoms with Gasteiger partial charge in [-0.05, 0) is 32.0 Å². The van der Waals surface area contributed by atoms with Crippen molar-refractivity contribution < 1.29 is 19.1 Å². The molecule has 1 aliphatic heterocycles. The Kier molecular flexibility index (Phi) is 5.11. The quantitative estimate of drug-likeness (QED) is 0.896. The van der Waals surface area contributed by atoms with Crippen LogP contribution in [0.5, 0.6) is 11.5 Å². The SMILES string of the molecule is COc1ccccc1[C@@H](C)NC(=O)CN1C(=O)[C@H](C)Oc2ccccc21. The lowest BCUT2D eigenvalue weighted by atomic mass is 10.1. The lowest BCUT2D eigenvalue weighted by Crippen LogP contribution is -2.49. The third-order valence-corrected chi connectivity index (χ3v) is 4.36. The Morgan fingerprint density at radius 2 is 1.92 bits per heavy atom. The predicted octanol–water partition coefficient (Wildman–Crippen LogP) is 2.69. The van der Waals surface area contributed by atoms with Crippen molar-refractivity contribution in [2.75, 3.05) is 18.6 Å². The number of hydrogen-bond acceptors (Lipinski definition) is 4. The number of anilines is 1. The number of benzene rings is 2. The van der Waals surface area contributed by atoms with Gasteiger partial charge >= 0.3 is 0 Å². The van der Waals surface area contributed by atoms with Gasteiger partial charge in [0.15, 0.2) is 6.10 Å². The number of nitrogens with one attached hydrogen (secondary N) is 1. The van der Waals surface area contributed by atoms with Crippen LogP contribution in [-0.2, 0) is 9.59 Å². The number of para-hydroxylation sites is 3. The topological polar surface area (TPSA) is 67.9 Å². The van der Waals surface area contributed by atoms with Gasteiger partial charge in [-0.1, -0.05) is 30.3 Å². The van der Waals surface area contributed by atoms with Gasteiger partial charge in [0, 0.05) is 5.56 Å². The molecule has 2 aromatic rings. The molecule has 0 radical (unpaired) electrons. The van der Waals surface area contributed by atoms with E-state index in [4.69, 9.17) is 9.47 Å². The van der Waals surface area contributed by atoms with E-state index in [-0.39, 0.29) is 24.4 Å². The van der Waals surface area contributed by atoms with Gasteiger partial charge in [-0.3, -0.25) is 14.5 Å². The van der Waals surface area contributed by atoms with E-state index in [1.54, 1.807) is 26.2 Å². The highest BCUT2D eigenvalue weighted by Crippen LogP contribution is 2.33. The highest BCUT2D eigenvalue weighted by atomic mass is 16.5. The number of methoxy groups -OCH3 is 1. The molecule has 6 heteroatoms. The number of fused-ring (bicyclic) bond motifs is 1. The predicted molar refractivity (Wildman–Crippen MR) is 98.4 cm³/mol.